The van der Waals surface area contributed by atoms with Crippen molar-refractivity contribution in [2.45, 2.75) is 0 Å². The first-order valence-electron chi connectivity index (χ1n) is 8.43. The first-order chi connectivity index (χ1) is 14.0. The van der Waals surface area contributed by atoms with E-state index in [2.05, 4.69) is 15.3 Å². The van der Waals surface area contributed by atoms with E-state index in [4.69, 9.17) is 28.0 Å². The van der Waals surface area contributed by atoms with Crippen LogP contribution in [0.1, 0.15) is 0 Å². The molecule has 0 amide bonds. The predicted molar refractivity (Wildman–Crippen MR) is 111 cm³/mol. The summed E-state index contributed by atoms with van der Waals surface area (Å²) >= 11 is 12.5. The molecule has 9 heteroatoms. The number of hydrogen-bond acceptors (Lipinski definition) is 5. The topological polar surface area (TPSA) is 69.0 Å². The Bertz CT molecular complexity index is 1270. The van der Waals surface area contributed by atoms with Gasteiger partial charge in [-0.25, -0.2) is 9.37 Å². The highest BCUT2D eigenvalue weighted by molar-refractivity contribution is 6.39. The van der Waals surface area contributed by atoms with Gasteiger partial charge in [0.05, 0.1) is 21.3 Å². The SMILES string of the molecule is COn1c(=O)c(-c2c(Cl)cccc2Cl)cc2cnc(Nc3ccccc3F)nc21. The summed E-state index contributed by atoms with van der Waals surface area (Å²) in [5.74, 6) is -0.347. The number of halogens is 3. The number of pyridine rings is 1. The molecular formula is C20H13Cl2FN4O2. The van der Waals surface area contributed by atoms with Crippen LogP contribution in [-0.4, -0.2) is 21.8 Å². The van der Waals surface area contributed by atoms with Crippen molar-refractivity contribution in [3.63, 3.8) is 0 Å². The Labute approximate surface area is 174 Å². The molecule has 0 radical (unpaired) electrons. The summed E-state index contributed by atoms with van der Waals surface area (Å²) in [5.41, 5.74) is 0.553. The molecule has 6 nitrogen and oxygen atoms in total. The molecule has 1 N–H and O–H groups in total. The summed E-state index contributed by atoms with van der Waals surface area (Å²) in [5, 5.41) is 3.96. The molecule has 0 bridgehead atoms. The molecule has 0 aliphatic heterocycles. The Morgan fingerprint density at radius 2 is 1.83 bits per heavy atom. The lowest BCUT2D eigenvalue weighted by molar-refractivity contribution is 0.168. The van der Waals surface area contributed by atoms with Crippen molar-refractivity contribution in [1.29, 1.82) is 0 Å². The van der Waals surface area contributed by atoms with Crippen molar-refractivity contribution < 1.29 is 9.23 Å². The molecule has 2 aromatic carbocycles. The van der Waals surface area contributed by atoms with Crippen LogP contribution in [0.2, 0.25) is 10.0 Å². The maximum Gasteiger partial charge on any atom is 0.293 e. The predicted octanol–water partition coefficient (Wildman–Crippen LogP) is 4.71. The van der Waals surface area contributed by atoms with Crippen LogP contribution in [0.4, 0.5) is 16.0 Å². The third-order valence-corrected chi connectivity index (χ3v) is 4.87. The smallest absolute Gasteiger partial charge is 0.293 e. The fraction of sp³-hybridized carbons (Fsp3) is 0.0500. The van der Waals surface area contributed by atoms with Crippen LogP contribution in [0.3, 0.4) is 0 Å². The maximum atomic E-state index is 13.9. The first-order valence-corrected chi connectivity index (χ1v) is 9.18. The number of benzene rings is 2. The first kappa shape index (κ1) is 19.2. The number of anilines is 2. The molecule has 0 aliphatic rings. The Morgan fingerprint density at radius 1 is 1.10 bits per heavy atom. The Morgan fingerprint density at radius 3 is 2.52 bits per heavy atom. The summed E-state index contributed by atoms with van der Waals surface area (Å²) in [4.78, 5) is 26.8. The monoisotopic (exact) mass is 430 g/mol. The van der Waals surface area contributed by atoms with E-state index in [1.807, 2.05) is 0 Å². The van der Waals surface area contributed by atoms with Crippen LogP contribution in [0.25, 0.3) is 22.2 Å². The molecule has 0 atom stereocenters. The summed E-state index contributed by atoms with van der Waals surface area (Å²) < 4.78 is 14.9. The van der Waals surface area contributed by atoms with Gasteiger partial charge in [0.1, 0.15) is 12.9 Å². The summed E-state index contributed by atoms with van der Waals surface area (Å²) in [6.07, 6.45) is 1.49. The van der Waals surface area contributed by atoms with Crippen LogP contribution < -0.4 is 15.7 Å². The molecule has 0 aliphatic carbocycles. The van der Waals surface area contributed by atoms with Crippen molar-refractivity contribution in [1.82, 2.24) is 14.7 Å². The van der Waals surface area contributed by atoms with E-state index >= 15 is 0 Å². The highest BCUT2D eigenvalue weighted by atomic mass is 35.5. The van der Waals surface area contributed by atoms with Crippen molar-refractivity contribution >= 4 is 45.9 Å². The van der Waals surface area contributed by atoms with Crippen LogP contribution in [0, 0.1) is 5.82 Å². The highest BCUT2D eigenvalue weighted by Gasteiger charge is 2.18. The molecule has 0 saturated carbocycles. The van der Waals surface area contributed by atoms with Gasteiger partial charge in [-0.15, -0.1) is 4.73 Å². The zero-order valence-corrected chi connectivity index (χ0v) is 16.5. The molecule has 2 aromatic heterocycles. The third-order valence-electron chi connectivity index (χ3n) is 4.24. The second-order valence-corrected chi connectivity index (χ2v) is 6.83. The molecule has 4 rings (SSSR count). The van der Waals surface area contributed by atoms with Gasteiger partial charge in [-0.2, -0.15) is 4.98 Å². The maximum absolute atomic E-state index is 13.9. The number of rotatable bonds is 4. The van der Waals surface area contributed by atoms with Gasteiger partial charge in [0.15, 0.2) is 5.65 Å². The number of nitrogens with zero attached hydrogens (tertiary/aromatic N) is 3. The quantitative estimate of drug-likeness (QED) is 0.507. The average molecular weight is 431 g/mol. The van der Waals surface area contributed by atoms with Crippen LogP contribution >= 0.6 is 23.2 Å². The normalized spacial score (nSPS) is 10.9. The van der Waals surface area contributed by atoms with E-state index < -0.39 is 11.4 Å². The molecule has 0 saturated heterocycles. The van der Waals surface area contributed by atoms with Gasteiger partial charge >= 0.3 is 0 Å². The number of aromatic nitrogens is 3. The zero-order chi connectivity index (χ0) is 20.5. The van der Waals surface area contributed by atoms with Gasteiger partial charge in [0.25, 0.3) is 5.56 Å². The summed E-state index contributed by atoms with van der Waals surface area (Å²) in [6, 6.07) is 12.7. The van der Waals surface area contributed by atoms with Gasteiger partial charge in [-0.3, -0.25) is 4.79 Å². The fourth-order valence-electron chi connectivity index (χ4n) is 2.92. The molecule has 29 heavy (non-hydrogen) atoms. The van der Waals surface area contributed by atoms with Gasteiger partial charge in [0.2, 0.25) is 5.95 Å². The largest absolute Gasteiger partial charge is 0.412 e. The molecular weight excluding hydrogens is 418 g/mol. The average Bonchev–Trinajstić information content (AvgIpc) is 2.70. The second-order valence-electron chi connectivity index (χ2n) is 6.01. The number of para-hydroxylation sites is 1. The lowest BCUT2D eigenvalue weighted by Crippen LogP contribution is -2.27. The van der Waals surface area contributed by atoms with Gasteiger partial charge in [0, 0.05) is 17.1 Å². The summed E-state index contributed by atoms with van der Waals surface area (Å²) in [7, 11) is 1.34. The Hall–Kier alpha value is -3.16. The van der Waals surface area contributed by atoms with Crippen molar-refractivity contribution in [2.24, 2.45) is 0 Å². The van der Waals surface area contributed by atoms with Crippen LogP contribution in [0.15, 0.2) is 59.5 Å². The Balaban J connectivity index is 1.89. The Kier molecular flexibility index (Phi) is 5.08. The standard InChI is InChI=1S/C20H13Cl2FN4O2/c1-29-27-18-11(9-12(19(27)28)17-13(21)5-4-6-14(17)22)10-24-20(26-18)25-16-8-3-2-7-15(16)23/h2-10H,1H3,(H,24,25,26). The minimum absolute atomic E-state index is 0.108. The molecule has 2 heterocycles. The zero-order valence-electron chi connectivity index (χ0n) is 15.0. The van der Waals surface area contributed by atoms with Crippen molar-refractivity contribution in [3.8, 4) is 11.1 Å². The lowest BCUT2D eigenvalue weighted by atomic mass is 10.1. The van der Waals surface area contributed by atoms with Crippen LogP contribution in [0.5, 0.6) is 0 Å². The number of nitrogens with one attached hydrogen (secondary N) is 1. The number of fused-ring (bicyclic) bond motifs is 1. The second kappa shape index (κ2) is 7.69. The van der Waals surface area contributed by atoms with E-state index in [0.717, 1.165) is 4.73 Å². The molecule has 0 spiro atoms. The van der Waals surface area contributed by atoms with Crippen molar-refractivity contribution in [3.05, 3.63) is 80.9 Å². The minimum atomic E-state index is -0.495. The van der Waals surface area contributed by atoms with E-state index in [0.29, 0.717) is 21.0 Å². The molecule has 146 valence electrons. The summed E-state index contributed by atoms with van der Waals surface area (Å²) in [6.45, 7) is 0. The number of hydrogen-bond donors (Lipinski definition) is 1. The van der Waals surface area contributed by atoms with Gasteiger partial charge in [-0.1, -0.05) is 41.4 Å². The highest BCUT2D eigenvalue weighted by Crippen LogP contribution is 2.33. The molecule has 0 fully saturated rings. The fourth-order valence-corrected chi connectivity index (χ4v) is 3.52. The lowest BCUT2D eigenvalue weighted by Gasteiger charge is -2.13. The van der Waals surface area contributed by atoms with E-state index in [-0.39, 0.29) is 22.8 Å². The third kappa shape index (κ3) is 3.50. The van der Waals surface area contributed by atoms with E-state index in [9.17, 15) is 9.18 Å². The molecule has 4 aromatic rings. The minimum Gasteiger partial charge on any atom is -0.412 e. The molecule has 0 unspecified atom stereocenters. The van der Waals surface area contributed by atoms with Crippen molar-refractivity contribution in [2.75, 3.05) is 12.4 Å². The van der Waals surface area contributed by atoms with Gasteiger partial charge in [-0.05, 0) is 30.3 Å². The van der Waals surface area contributed by atoms with E-state index in [1.165, 1.54) is 19.4 Å². The van der Waals surface area contributed by atoms with Crippen LogP contribution in [-0.2, 0) is 0 Å². The van der Waals surface area contributed by atoms with Gasteiger partial charge < -0.3 is 10.2 Å². The van der Waals surface area contributed by atoms with E-state index in [1.54, 1.807) is 42.5 Å².